The molecule has 194 valence electrons. The van der Waals surface area contributed by atoms with Gasteiger partial charge in [-0.1, -0.05) is 66.2 Å². The van der Waals surface area contributed by atoms with E-state index in [0.717, 1.165) is 51.4 Å². The van der Waals surface area contributed by atoms with Crippen molar-refractivity contribution >= 4 is 11.9 Å². The molecule has 1 aromatic carbocycles. The molecule has 2 atom stereocenters. The van der Waals surface area contributed by atoms with Gasteiger partial charge in [0.05, 0.1) is 26.4 Å². The average molecular weight is 479 g/mol. The predicted molar refractivity (Wildman–Crippen MR) is 136 cm³/mol. The van der Waals surface area contributed by atoms with Crippen molar-refractivity contribution in [3.8, 4) is 11.5 Å². The van der Waals surface area contributed by atoms with Crippen molar-refractivity contribution in [1.82, 2.24) is 0 Å². The molecule has 0 aliphatic carbocycles. The Morgan fingerprint density at radius 2 is 1.06 bits per heavy atom. The lowest BCUT2D eigenvalue weighted by atomic mass is 10.00. The van der Waals surface area contributed by atoms with E-state index in [1.165, 1.54) is 0 Å². The van der Waals surface area contributed by atoms with Gasteiger partial charge < -0.3 is 18.9 Å². The Morgan fingerprint density at radius 3 is 1.35 bits per heavy atom. The summed E-state index contributed by atoms with van der Waals surface area (Å²) in [4.78, 5) is 25.5. The number of carbonyl (C=O) groups excluding carboxylic acids is 2. The summed E-state index contributed by atoms with van der Waals surface area (Å²) in [5.41, 5.74) is 0.550. The normalized spacial score (nSPS) is 12.6. The highest BCUT2D eigenvalue weighted by Crippen LogP contribution is 2.32. The first kappa shape index (κ1) is 29.8. The van der Waals surface area contributed by atoms with Crippen LogP contribution in [0.15, 0.2) is 12.1 Å². The van der Waals surface area contributed by atoms with Gasteiger partial charge in [-0.3, -0.25) is 0 Å². The Labute approximate surface area is 206 Å². The molecule has 0 fully saturated rings. The third-order valence-electron chi connectivity index (χ3n) is 6.11. The van der Waals surface area contributed by atoms with E-state index in [-0.39, 0.29) is 24.3 Å². The second-order valence-corrected chi connectivity index (χ2v) is 8.74. The van der Waals surface area contributed by atoms with Crippen LogP contribution < -0.4 is 9.47 Å². The lowest BCUT2D eigenvalue weighted by Crippen LogP contribution is -2.18. The van der Waals surface area contributed by atoms with Crippen LogP contribution in [0.2, 0.25) is 0 Å². The summed E-state index contributed by atoms with van der Waals surface area (Å²) in [5.74, 6) is 0.445. The first-order valence-electron chi connectivity index (χ1n) is 13.2. The first-order chi connectivity index (χ1) is 16.4. The van der Waals surface area contributed by atoms with Gasteiger partial charge in [0.1, 0.15) is 22.6 Å². The summed E-state index contributed by atoms with van der Waals surface area (Å²) >= 11 is 0. The van der Waals surface area contributed by atoms with Gasteiger partial charge in [0, 0.05) is 0 Å². The Bertz CT molecular complexity index is 668. The Morgan fingerprint density at radius 1 is 0.676 bits per heavy atom. The maximum Gasteiger partial charge on any atom is 0.342 e. The van der Waals surface area contributed by atoms with Crippen LogP contribution in [0, 0.1) is 11.8 Å². The summed E-state index contributed by atoms with van der Waals surface area (Å²) < 4.78 is 22.8. The molecule has 0 bridgehead atoms. The Kier molecular flexibility index (Phi) is 15.1. The van der Waals surface area contributed by atoms with E-state index in [2.05, 4.69) is 27.7 Å². The largest absolute Gasteiger partial charge is 0.492 e. The molecule has 0 N–H and O–H groups in total. The van der Waals surface area contributed by atoms with Crippen LogP contribution in [-0.4, -0.2) is 38.4 Å². The zero-order chi connectivity index (χ0) is 25.3. The average Bonchev–Trinajstić information content (AvgIpc) is 2.84. The molecule has 1 aromatic rings. The van der Waals surface area contributed by atoms with Gasteiger partial charge in [0.15, 0.2) is 0 Å². The minimum absolute atomic E-state index is 0.247. The van der Waals surface area contributed by atoms with Crippen molar-refractivity contribution in [3.63, 3.8) is 0 Å². The highest BCUT2D eigenvalue weighted by Gasteiger charge is 2.24. The summed E-state index contributed by atoms with van der Waals surface area (Å²) in [7, 11) is 0. The van der Waals surface area contributed by atoms with Crippen LogP contribution in [0.25, 0.3) is 0 Å². The number of ether oxygens (including phenoxy) is 4. The number of carbonyl (C=O) groups is 2. The van der Waals surface area contributed by atoms with Crippen molar-refractivity contribution < 1.29 is 28.5 Å². The van der Waals surface area contributed by atoms with Gasteiger partial charge in [-0.05, 0) is 50.7 Å². The second kappa shape index (κ2) is 17.2. The lowest BCUT2D eigenvalue weighted by Gasteiger charge is -2.21. The zero-order valence-corrected chi connectivity index (χ0v) is 22.2. The van der Waals surface area contributed by atoms with Crippen LogP contribution in [0.5, 0.6) is 11.5 Å². The molecule has 0 saturated carbocycles. The number of unbranched alkanes of at least 4 members (excludes halogenated alkanes) is 2. The van der Waals surface area contributed by atoms with Crippen molar-refractivity contribution in [2.24, 2.45) is 11.8 Å². The zero-order valence-electron chi connectivity index (χ0n) is 22.2. The van der Waals surface area contributed by atoms with E-state index in [4.69, 9.17) is 18.9 Å². The monoisotopic (exact) mass is 478 g/mol. The maximum absolute atomic E-state index is 12.8. The molecule has 6 nitrogen and oxygen atoms in total. The molecule has 0 saturated heterocycles. The molecule has 0 spiro atoms. The van der Waals surface area contributed by atoms with Crippen molar-refractivity contribution in [2.75, 3.05) is 26.4 Å². The van der Waals surface area contributed by atoms with Gasteiger partial charge in [-0.25, -0.2) is 9.59 Å². The topological polar surface area (TPSA) is 71.1 Å². The number of hydrogen-bond donors (Lipinski definition) is 0. The SMILES string of the molecule is CCCCC(CC)COc1cc(C(=O)OCC)c(OCC(CC)CCCC)cc1C(=O)OCC. The van der Waals surface area contributed by atoms with E-state index in [9.17, 15) is 9.59 Å². The molecule has 6 heteroatoms. The highest BCUT2D eigenvalue weighted by molar-refractivity contribution is 5.98. The van der Waals surface area contributed by atoms with Gasteiger partial charge in [0.2, 0.25) is 0 Å². The van der Waals surface area contributed by atoms with Crippen LogP contribution >= 0.6 is 0 Å². The van der Waals surface area contributed by atoms with Crippen molar-refractivity contribution in [1.29, 1.82) is 0 Å². The highest BCUT2D eigenvalue weighted by atomic mass is 16.5. The number of rotatable bonds is 18. The van der Waals surface area contributed by atoms with Gasteiger partial charge in [0.25, 0.3) is 0 Å². The Hall–Kier alpha value is -2.24. The van der Waals surface area contributed by atoms with E-state index < -0.39 is 11.9 Å². The molecular weight excluding hydrogens is 432 g/mol. The smallest absolute Gasteiger partial charge is 0.342 e. The molecule has 0 amide bonds. The first-order valence-corrected chi connectivity index (χ1v) is 13.2. The molecule has 0 radical (unpaired) electrons. The second-order valence-electron chi connectivity index (χ2n) is 8.74. The summed E-state index contributed by atoms with van der Waals surface area (Å²) in [5, 5.41) is 0. The fourth-order valence-corrected chi connectivity index (χ4v) is 3.75. The fraction of sp³-hybridized carbons (Fsp3) is 0.714. The van der Waals surface area contributed by atoms with Crippen molar-refractivity contribution in [3.05, 3.63) is 23.3 Å². The standard InChI is InChI=1S/C28H46O6/c1-7-13-15-21(9-3)19-33-25-17-24(28(30)32-12-6)26(18-23(25)27(29)31-11-5)34-20-22(10-4)16-14-8-2/h17-18,21-22H,7-16,19-20H2,1-6H3. The minimum Gasteiger partial charge on any atom is -0.492 e. The van der Waals surface area contributed by atoms with Crippen LogP contribution in [0.1, 0.15) is 114 Å². The molecule has 2 unspecified atom stereocenters. The number of hydrogen-bond acceptors (Lipinski definition) is 6. The third kappa shape index (κ3) is 9.94. The minimum atomic E-state index is -0.489. The van der Waals surface area contributed by atoms with E-state index in [0.29, 0.717) is 36.5 Å². The molecule has 0 aromatic heterocycles. The summed E-state index contributed by atoms with van der Waals surface area (Å²) in [6.45, 7) is 13.6. The molecule has 0 aliphatic rings. The summed E-state index contributed by atoms with van der Waals surface area (Å²) in [6.07, 6.45) is 8.59. The lowest BCUT2D eigenvalue weighted by molar-refractivity contribution is 0.0501. The van der Waals surface area contributed by atoms with Crippen LogP contribution in [0.3, 0.4) is 0 Å². The molecule has 34 heavy (non-hydrogen) atoms. The Balaban J connectivity index is 3.30. The summed E-state index contributed by atoms with van der Waals surface area (Å²) in [6, 6.07) is 3.16. The molecule has 0 heterocycles. The number of benzene rings is 1. The van der Waals surface area contributed by atoms with E-state index in [1.807, 2.05) is 0 Å². The molecular formula is C28H46O6. The van der Waals surface area contributed by atoms with Gasteiger partial charge in [-0.2, -0.15) is 0 Å². The molecule has 0 aliphatic heterocycles. The van der Waals surface area contributed by atoms with Crippen LogP contribution in [0.4, 0.5) is 0 Å². The third-order valence-corrected chi connectivity index (χ3v) is 6.11. The van der Waals surface area contributed by atoms with Gasteiger partial charge in [-0.15, -0.1) is 0 Å². The van der Waals surface area contributed by atoms with E-state index >= 15 is 0 Å². The fourth-order valence-electron chi connectivity index (χ4n) is 3.75. The number of esters is 2. The predicted octanol–water partition coefficient (Wildman–Crippen LogP) is 7.23. The maximum atomic E-state index is 12.8. The van der Waals surface area contributed by atoms with E-state index in [1.54, 1.807) is 26.0 Å². The van der Waals surface area contributed by atoms with Crippen LogP contribution in [-0.2, 0) is 9.47 Å². The van der Waals surface area contributed by atoms with Gasteiger partial charge >= 0.3 is 11.9 Å². The quantitative estimate of drug-likeness (QED) is 0.207. The molecule has 1 rings (SSSR count). The van der Waals surface area contributed by atoms with Crippen molar-refractivity contribution in [2.45, 2.75) is 92.9 Å².